The number of fused-ring (bicyclic) bond motifs is 3. The Bertz CT molecular complexity index is 315. The zero-order valence-corrected chi connectivity index (χ0v) is 9.76. The molecule has 0 aromatic rings. The monoisotopic (exact) mass is 216 g/mol. The van der Waals surface area contributed by atoms with E-state index in [9.17, 15) is 0 Å². The van der Waals surface area contributed by atoms with Crippen LogP contribution in [0.3, 0.4) is 0 Å². The van der Waals surface area contributed by atoms with Crippen LogP contribution in [0.25, 0.3) is 0 Å². The number of hydrogen-bond acceptors (Lipinski definition) is 2. The molecule has 86 valence electrons. The fraction of sp³-hybridized carbons (Fsp3) is 0.714. The first-order valence-corrected chi connectivity index (χ1v) is 6.82. The van der Waals surface area contributed by atoms with Gasteiger partial charge in [-0.05, 0) is 25.7 Å². The van der Waals surface area contributed by atoms with Crippen molar-refractivity contribution in [1.29, 1.82) is 0 Å². The van der Waals surface area contributed by atoms with Crippen LogP contribution < -0.4 is 0 Å². The third kappa shape index (κ3) is 1.15. The molecular formula is C14H20N2. The Morgan fingerprint density at radius 2 is 1.38 bits per heavy atom. The summed E-state index contributed by atoms with van der Waals surface area (Å²) >= 11 is 0. The maximum atomic E-state index is 2.80. The molecule has 0 aromatic carbocycles. The summed E-state index contributed by atoms with van der Waals surface area (Å²) in [4.78, 5) is 5.60. The third-order valence-corrected chi connectivity index (χ3v) is 4.93. The average Bonchev–Trinajstić information content (AvgIpc) is 3.00. The van der Waals surface area contributed by atoms with Crippen LogP contribution >= 0.6 is 0 Å². The van der Waals surface area contributed by atoms with Gasteiger partial charge in [0.2, 0.25) is 0 Å². The van der Waals surface area contributed by atoms with Gasteiger partial charge in [0.05, 0.1) is 6.17 Å². The highest BCUT2D eigenvalue weighted by molar-refractivity contribution is 5.22. The SMILES string of the molecule is C1=CC(C2N3CCC[C@@H]3[C@H]3CCCN23)C=C1. The summed E-state index contributed by atoms with van der Waals surface area (Å²) in [6.07, 6.45) is 15.6. The van der Waals surface area contributed by atoms with Crippen molar-refractivity contribution in [2.75, 3.05) is 13.1 Å². The number of nitrogens with zero attached hydrogens (tertiary/aromatic N) is 2. The zero-order valence-electron chi connectivity index (χ0n) is 9.76. The van der Waals surface area contributed by atoms with E-state index >= 15 is 0 Å². The Kier molecular flexibility index (Phi) is 2.03. The largest absolute Gasteiger partial charge is 0.283 e. The van der Waals surface area contributed by atoms with Gasteiger partial charge in [0.15, 0.2) is 0 Å². The van der Waals surface area contributed by atoms with Crippen LogP contribution in [0.1, 0.15) is 25.7 Å². The van der Waals surface area contributed by atoms with Crippen molar-refractivity contribution in [3.05, 3.63) is 24.3 Å². The van der Waals surface area contributed by atoms with Crippen LogP contribution in [0.2, 0.25) is 0 Å². The first kappa shape index (κ1) is 9.43. The molecule has 2 heteroatoms. The second-order valence-corrected chi connectivity index (χ2v) is 5.66. The Hall–Kier alpha value is -0.600. The second-order valence-electron chi connectivity index (χ2n) is 5.66. The molecule has 0 saturated carbocycles. The van der Waals surface area contributed by atoms with E-state index in [1.807, 2.05) is 0 Å². The van der Waals surface area contributed by atoms with Crippen LogP contribution in [-0.2, 0) is 0 Å². The summed E-state index contributed by atoms with van der Waals surface area (Å²) in [6.45, 7) is 2.67. The van der Waals surface area contributed by atoms with Gasteiger partial charge in [0.1, 0.15) is 0 Å². The minimum atomic E-state index is 0.656. The van der Waals surface area contributed by atoms with E-state index in [-0.39, 0.29) is 0 Å². The predicted molar refractivity (Wildman–Crippen MR) is 65.0 cm³/mol. The average molecular weight is 216 g/mol. The molecule has 3 heterocycles. The molecule has 0 radical (unpaired) electrons. The van der Waals surface area contributed by atoms with Crippen molar-refractivity contribution in [3.8, 4) is 0 Å². The molecule has 3 fully saturated rings. The number of allylic oxidation sites excluding steroid dienone is 2. The number of rotatable bonds is 1. The van der Waals surface area contributed by atoms with Gasteiger partial charge in [-0.25, -0.2) is 0 Å². The molecule has 4 rings (SSSR count). The van der Waals surface area contributed by atoms with Crippen molar-refractivity contribution < 1.29 is 0 Å². The molecule has 1 aliphatic carbocycles. The molecule has 0 N–H and O–H groups in total. The van der Waals surface area contributed by atoms with Gasteiger partial charge in [-0.3, -0.25) is 9.80 Å². The fourth-order valence-corrected chi connectivity index (χ4v) is 4.39. The molecule has 0 spiro atoms. The smallest absolute Gasteiger partial charge is 0.0728 e. The van der Waals surface area contributed by atoms with E-state index in [2.05, 4.69) is 34.1 Å². The Morgan fingerprint density at radius 3 is 1.94 bits per heavy atom. The molecule has 2 nitrogen and oxygen atoms in total. The first-order valence-electron chi connectivity index (χ1n) is 6.82. The van der Waals surface area contributed by atoms with Crippen molar-refractivity contribution >= 4 is 0 Å². The lowest BCUT2D eigenvalue weighted by molar-refractivity contribution is 0.120. The van der Waals surface area contributed by atoms with Crippen molar-refractivity contribution in [2.24, 2.45) is 5.92 Å². The zero-order chi connectivity index (χ0) is 10.5. The molecule has 4 aliphatic rings. The van der Waals surface area contributed by atoms with Crippen molar-refractivity contribution in [3.63, 3.8) is 0 Å². The summed E-state index contributed by atoms with van der Waals surface area (Å²) in [5.41, 5.74) is 0. The summed E-state index contributed by atoms with van der Waals surface area (Å²) in [6, 6.07) is 1.77. The molecule has 0 amide bonds. The van der Waals surface area contributed by atoms with Crippen LogP contribution in [0, 0.1) is 5.92 Å². The van der Waals surface area contributed by atoms with Crippen molar-refractivity contribution in [1.82, 2.24) is 9.80 Å². The highest BCUT2D eigenvalue weighted by Gasteiger charge is 2.51. The lowest BCUT2D eigenvalue weighted by atomic mass is 10.1. The van der Waals surface area contributed by atoms with Crippen LogP contribution in [0.4, 0.5) is 0 Å². The Labute approximate surface area is 97.6 Å². The Balaban J connectivity index is 1.68. The predicted octanol–water partition coefficient (Wildman–Crippen LogP) is 2.00. The summed E-state index contributed by atoms with van der Waals surface area (Å²) in [5.74, 6) is 0.656. The Morgan fingerprint density at radius 1 is 0.812 bits per heavy atom. The van der Waals surface area contributed by atoms with E-state index in [0.717, 1.165) is 12.1 Å². The van der Waals surface area contributed by atoms with E-state index in [1.54, 1.807) is 0 Å². The van der Waals surface area contributed by atoms with Gasteiger partial charge in [0, 0.05) is 31.1 Å². The molecule has 0 aromatic heterocycles. The lowest BCUT2D eigenvalue weighted by Crippen LogP contribution is -2.43. The van der Waals surface area contributed by atoms with Gasteiger partial charge in [-0.1, -0.05) is 24.3 Å². The van der Waals surface area contributed by atoms with Gasteiger partial charge < -0.3 is 0 Å². The van der Waals surface area contributed by atoms with Gasteiger partial charge in [-0.15, -0.1) is 0 Å². The highest BCUT2D eigenvalue weighted by Crippen LogP contribution is 2.43. The van der Waals surface area contributed by atoms with E-state index in [0.29, 0.717) is 12.1 Å². The molecule has 2 atom stereocenters. The minimum absolute atomic E-state index is 0.656. The normalized spacial score (nSPS) is 40.0. The quantitative estimate of drug-likeness (QED) is 0.661. The fourth-order valence-electron chi connectivity index (χ4n) is 4.39. The molecule has 16 heavy (non-hydrogen) atoms. The van der Waals surface area contributed by atoms with Crippen LogP contribution in [0.5, 0.6) is 0 Å². The highest BCUT2D eigenvalue weighted by atomic mass is 15.5. The topological polar surface area (TPSA) is 6.48 Å². The molecular weight excluding hydrogens is 196 g/mol. The second kappa shape index (κ2) is 3.44. The van der Waals surface area contributed by atoms with Crippen molar-refractivity contribution in [2.45, 2.75) is 43.9 Å². The molecule has 3 saturated heterocycles. The van der Waals surface area contributed by atoms with E-state index in [4.69, 9.17) is 0 Å². The van der Waals surface area contributed by atoms with E-state index < -0.39 is 0 Å². The molecule has 0 unspecified atom stereocenters. The van der Waals surface area contributed by atoms with Gasteiger partial charge in [-0.2, -0.15) is 0 Å². The minimum Gasteiger partial charge on any atom is -0.283 e. The van der Waals surface area contributed by atoms with E-state index in [1.165, 1.54) is 38.8 Å². The first-order chi connectivity index (χ1) is 7.95. The van der Waals surface area contributed by atoms with Gasteiger partial charge in [0.25, 0.3) is 0 Å². The molecule has 0 bridgehead atoms. The standard InChI is InChI=1S/C14H20N2/c1-2-6-11(5-1)14-15-9-3-7-12(15)13-8-4-10-16(13)14/h1-2,5-6,11-14H,3-4,7-10H2/t12-,13-/m1/s1. The van der Waals surface area contributed by atoms with Gasteiger partial charge >= 0.3 is 0 Å². The summed E-state index contributed by atoms with van der Waals surface area (Å²) < 4.78 is 0. The maximum Gasteiger partial charge on any atom is 0.0728 e. The van der Waals surface area contributed by atoms with Crippen LogP contribution in [-0.4, -0.2) is 41.1 Å². The number of hydrogen-bond donors (Lipinski definition) is 0. The van der Waals surface area contributed by atoms with Crippen LogP contribution in [0.15, 0.2) is 24.3 Å². The third-order valence-electron chi connectivity index (χ3n) is 4.93. The maximum absolute atomic E-state index is 2.80. The summed E-state index contributed by atoms with van der Waals surface area (Å²) in [7, 11) is 0. The molecule has 3 aliphatic heterocycles. The summed E-state index contributed by atoms with van der Waals surface area (Å²) in [5, 5.41) is 0. The lowest BCUT2D eigenvalue weighted by Gasteiger charge is -2.32.